The largest absolute Gasteiger partial charge is 0.479 e. The molecule has 2 atom stereocenters. The highest BCUT2D eigenvalue weighted by Gasteiger charge is 2.51. The lowest BCUT2D eigenvalue weighted by Crippen LogP contribution is -2.56. The number of nitrogens with two attached hydrogens (primary N) is 1. The van der Waals surface area contributed by atoms with Gasteiger partial charge in [-0.3, -0.25) is 4.99 Å². The smallest absolute Gasteiger partial charge is 0.220 e. The van der Waals surface area contributed by atoms with E-state index in [1.54, 1.807) is 25.3 Å². The third kappa shape index (κ3) is 4.48. The summed E-state index contributed by atoms with van der Waals surface area (Å²) in [5, 5.41) is 14.0. The molecule has 0 radical (unpaired) electrons. The molecule has 0 saturated heterocycles. The maximum Gasteiger partial charge on any atom is 0.220 e. The molecule has 4 N–H and O–H groups in total. The van der Waals surface area contributed by atoms with Crippen molar-refractivity contribution >= 4 is 38.2 Å². The van der Waals surface area contributed by atoms with Crippen molar-refractivity contribution in [1.29, 1.82) is 0 Å². The predicted octanol–water partition coefficient (Wildman–Crippen LogP) is 2.02. The summed E-state index contributed by atoms with van der Waals surface area (Å²) in [4.78, 5) is 14.6. The van der Waals surface area contributed by atoms with Gasteiger partial charge in [0.1, 0.15) is 40.9 Å². The lowest BCUT2D eigenvalue weighted by molar-refractivity contribution is 0.204. The fourth-order valence-corrected chi connectivity index (χ4v) is 5.26. The van der Waals surface area contributed by atoms with Crippen molar-refractivity contribution < 1.29 is 22.7 Å². The molecule has 1 aliphatic heterocycles. The molecule has 35 heavy (non-hydrogen) atoms. The number of fused-ring (bicyclic) bond motifs is 1. The number of aliphatic imine (C=N–C) groups is 1. The van der Waals surface area contributed by atoms with Crippen molar-refractivity contribution in [3.8, 4) is 17.6 Å². The van der Waals surface area contributed by atoms with Gasteiger partial charge < -0.3 is 20.9 Å². The van der Waals surface area contributed by atoms with Crippen molar-refractivity contribution in [2.24, 2.45) is 10.7 Å². The quantitative estimate of drug-likeness (QED) is 0.448. The molecule has 3 aromatic heterocycles. The summed E-state index contributed by atoms with van der Waals surface area (Å²) < 4.78 is 45.7. The van der Waals surface area contributed by atoms with Crippen LogP contribution in [0.15, 0.2) is 41.8 Å². The van der Waals surface area contributed by atoms with Crippen LogP contribution in [0.1, 0.15) is 26.3 Å². The van der Waals surface area contributed by atoms with Crippen LogP contribution in [0.4, 0.5) is 16.0 Å². The fourth-order valence-electron chi connectivity index (χ4n) is 3.65. The van der Waals surface area contributed by atoms with Gasteiger partial charge in [0, 0.05) is 17.1 Å². The number of aliphatic hydroxyl groups is 1. The molecule has 1 aliphatic rings. The Hall–Kier alpha value is -3.82. The molecule has 0 unspecified atom stereocenters. The van der Waals surface area contributed by atoms with Gasteiger partial charge in [0.25, 0.3) is 0 Å². The number of nitrogens with zero attached hydrogens (tertiary/aromatic N) is 4. The molecule has 0 fully saturated rings. The van der Waals surface area contributed by atoms with Crippen LogP contribution >= 0.6 is 0 Å². The summed E-state index contributed by atoms with van der Waals surface area (Å²) in [6.45, 7) is 4.43. The second-order valence-corrected chi connectivity index (χ2v) is 10.6. The summed E-state index contributed by atoms with van der Waals surface area (Å²) in [7, 11) is -4.15. The number of aromatic nitrogens is 3. The molecular weight excluding hydrogens is 475 g/mol. The van der Waals surface area contributed by atoms with E-state index in [0.29, 0.717) is 17.1 Å². The van der Waals surface area contributed by atoms with Gasteiger partial charge in [-0.2, -0.15) is 0 Å². The molecule has 0 aromatic carbocycles. The number of rotatable bonds is 5. The summed E-state index contributed by atoms with van der Waals surface area (Å²) in [6.07, 6.45) is 4.05. The first-order chi connectivity index (χ1) is 16.5. The highest BCUT2D eigenvalue weighted by molar-refractivity contribution is 7.93. The number of hydrogen-bond acceptors (Lipinski definition) is 10. The van der Waals surface area contributed by atoms with Crippen molar-refractivity contribution in [2.75, 3.05) is 17.7 Å². The van der Waals surface area contributed by atoms with E-state index in [0.717, 1.165) is 18.5 Å². The third-order valence-electron chi connectivity index (χ3n) is 5.66. The maximum absolute atomic E-state index is 14.8. The average Bonchev–Trinajstić information content (AvgIpc) is 2.79. The first-order valence-electron chi connectivity index (χ1n) is 10.5. The zero-order valence-corrected chi connectivity index (χ0v) is 20.0. The minimum atomic E-state index is -4.15. The van der Waals surface area contributed by atoms with Crippen LogP contribution in [0.2, 0.25) is 0 Å². The predicted molar refractivity (Wildman–Crippen MR) is 129 cm³/mol. The molecule has 0 bridgehead atoms. The molecule has 0 aliphatic carbocycles. The van der Waals surface area contributed by atoms with Crippen LogP contribution in [0.5, 0.6) is 5.75 Å². The molecule has 0 spiro atoms. The second-order valence-electron chi connectivity index (χ2n) is 8.31. The third-order valence-corrected chi connectivity index (χ3v) is 8.03. The Balaban J connectivity index is 1.70. The molecule has 0 amide bonds. The van der Waals surface area contributed by atoms with Crippen LogP contribution in [0.25, 0.3) is 10.9 Å². The summed E-state index contributed by atoms with van der Waals surface area (Å²) in [5.74, 6) is 4.70. The fraction of sp³-hybridized carbons (Fsp3) is 0.304. The van der Waals surface area contributed by atoms with Crippen LogP contribution in [0, 0.1) is 17.7 Å². The van der Waals surface area contributed by atoms with E-state index >= 15 is 0 Å². The van der Waals surface area contributed by atoms with Gasteiger partial charge in [-0.1, -0.05) is 5.92 Å². The van der Waals surface area contributed by atoms with Gasteiger partial charge in [-0.25, -0.2) is 27.8 Å². The molecule has 4 rings (SSSR count). The van der Waals surface area contributed by atoms with E-state index in [-0.39, 0.29) is 18.0 Å². The van der Waals surface area contributed by atoms with Crippen molar-refractivity contribution in [2.45, 2.75) is 31.2 Å². The number of ether oxygens (including phenoxy) is 1. The number of sulfone groups is 1. The first-order valence-corrected chi connectivity index (χ1v) is 12.1. The lowest BCUT2D eigenvalue weighted by atomic mass is 9.94. The summed E-state index contributed by atoms with van der Waals surface area (Å²) in [6, 6.07) is 4.88. The van der Waals surface area contributed by atoms with E-state index in [1.165, 1.54) is 19.2 Å². The Morgan fingerprint density at radius 3 is 2.74 bits per heavy atom. The SMILES string of the molecule is CC#CCOc1cnc2c(Nc3cc([C@]4(C)CS(=O)(=O)[C@@](C)(O)C(N)=N4)c(F)cn3)nccc2c1. The summed E-state index contributed by atoms with van der Waals surface area (Å²) in [5.41, 5.74) is 4.64. The molecule has 3 aromatic rings. The molecule has 12 heteroatoms. The van der Waals surface area contributed by atoms with Gasteiger partial charge >= 0.3 is 0 Å². The Labute approximate surface area is 201 Å². The number of halogens is 1. The number of anilines is 2. The maximum atomic E-state index is 14.8. The number of amidine groups is 1. The van der Waals surface area contributed by atoms with Crippen molar-refractivity contribution in [1.82, 2.24) is 15.0 Å². The van der Waals surface area contributed by atoms with Crippen molar-refractivity contribution in [3.05, 3.63) is 48.2 Å². The standard InChI is InChI=1S/C23H23FN6O4S/c1-4-5-8-34-15-9-14-6-7-26-20(19(14)28-11-15)29-18-10-16(17(24)12-27-18)22(2)13-35(32,33)23(3,31)21(25)30-22/h6-7,9-12,31H,8,13H2,1-3H3,(H2,25,30)(H,26,27,29)/t22-,23+/m0/s1. The number of pyridine rings is 3. The normalized spacial score (nSPS) is 23.2. The van der Waals surface area contributed by atoms with Gasteiger partial charge in [-0.15, -0.1) is 5.92 Å². The average molecular weight is 499 g/mol. The Bertz CT molecular complexity index is 1510. The zero-order valence-electron chi connectivity index (χ0n) is 19.2. The highest BCUT2D eigenvalue weighted by atomic mass is 32.2. The molecular formula is C23H23FN6O4S. The van der Waals surface area contributed by atoms with Crippen LogP contribution in [0.3, 0.4) is 0 Å². The van der Waals surface area contributed by atoms with E-state index in [2.05, 4.69) is 37.1 Å². The number of nitrogens with one attached hydrogen (secondary N) is 1. The van der Waals surface area contributed by atoms with Crippen LogP contribution in [-0.4, -0.2) is 51.6 Å². The van der Waals surface area contributed by atoms with E-state index in [1.807, 2.05) is 0 Å². The molecule has 10 nitrogen and oxygen atoms in total. The Morgan fingerprint density at radius 2 is 2.03 bits per heavy atom. The minimum absolute atomic E-state index is 0.0575. The van der Waals surface area contributed by atoms with E-state index < -0.39 is 37.7 Å². The van der Waals surface area contributed by atoms with E-state index in [4.69, 9.17) is 10.5 Å². The van der Waals surface area contributed by atoms with Gasteiger partial charge in [-0.05, 0) is 39.0 Å². The topological polar surface area (TPSA) is 153 Å². The van der Waals surface area contributed by atoms with Gasteiger partial charge in [0.15, 0.2) is 15.7 Å². The minimum Gasteiger partial charge on any atom is -0.479 e. The van der Waals surface area contributed by atoms with Gasteiger partial charge in [0.05, 0.1) is 18.1 Å². The second kappa shape index (κ2) is 8.75. The van der Waals surface area contributed by atoms with E-state index in [9.17, 15) is 17.9 Å². The first kappa shape index (κ1) is 24.3. The van der Waals surface area contributed by atoms with Crippen molar-refractivity contribution in [3.63, 3.8) is 0 Å². The molecule has 4 heterocycles. The Morgan fingerprint density at radius 1 is 1.26 bits per heavy atom. The molecule has 182 valence electrons. The molecule has 0 saturated carbocycles. The van der Waals surface area contributed by atoms with Gasteiger partial charge in [0.2, 0.25) is 4.93 Å². The Kier molecular flexibility index (Phi) is 6.08. The van der Waals surface area contributed by atoms with Crippen LogP contribution < -0.4 is 15.8 Å². The van der Waals surface area contributed by atoms with Crippen LogP contribution in [-0.2, 0) is 15.4 Å². The number of hydrogen-bond donors (Lipinski definition) is 3. The lowest BCUT2D eigenvalue weighted by Gasteiger charge is -2.36. The summed E-state index contributed by atoms with van der Waals surface area (Å²) >= 11 is 0. The zero-order chi connectivity index (χ0) is 25.4. The highest BCUT2D eigenvalue weighted by Crippen LogP contribution is 2.38. The monoisotopic (exact) mass is 498 g/mol.